The van der Waals surface area contributed by atoms with Gasteiger partial charge in [0.2, 0.25) is 11.8 Å². The van der Waals surface area contributed by atoms with Gasteiger partial charge in [-0.05, 0) is 90.2 Å². The molecule has 4 aromatic rings. The van der Waals surface area contributed by atoms with Crippen molar-refractivity contribution in [1.29, 1.82) is 0 Å². The van der Waals surface area contributed by atoms with Gasteiger partial charge in [0.1, 0.15) is 12.4 Å². The highest BCUT2D eigenvalue weighted by molar-refractivity contribution is 6.30. The van der Waals surface area contributed by atoms with E-state index in [-0.39, 0.29) is 49.1 Å². The van der Waals surface area contributed by atoms with Crippen molar-refractivity contribution >= 4 is 48.2 Å². The van der Waals surface area contributed by atoms with Gasteiger partial charge in [0, 0.05) is 24.0 Å². The molecule has 3 heterocycles. The third kappa shape index (κ3) is 7.36. The van der Waals surface area contributed by atoms with Crippen molar-refractivity contribution in [2.75, 3.05) is 6.54 Å². The number of piperidine rings is 1. The molecule has 2 aromatic carbocycles. The Hall–Kier alpha value is -3.51. The van der Waals surface area contributed by atoms with Gasteiger partial charge in [-0.1, -0.05) is 23.7 Å². The first kappa shape index (κ1) is 31.0. The molecule has 0 unspecified atom stereocenters. The normalized spacial score (nSPS) is 17.1. The van der Waals surface area contributed by atoms with Crippen LogP contribution in [0.4, 0.5) is 0 Å². The number of carbonyl (C=O) groups excluding carboxylic acids is 2. The number of halogens is 3. The fraction of sp³-hybridized carbons (Fsp3) is 0.308. The molecule has 1 saturated heterocycles. The average molecular weight is 607 g/mol. The predicted molar refractivity (Wildman–Crippen MR) is 155 cm³/mol. The van der Waals surface area contributed by atoms with Gasteiger partial charge in [0.15, 0.2) is 0 Å². The second kappa shape index (κ2) is 14.2. The second-order valence-electron chi connectivity index (χ2n) is 9.25. The summed E-state index contributed by atoms with van der Waals surface area (Å²) in [4.78, 5) is 25.9. The maximum absolute atomic E-state index is 13.1. The van der Waals surface area contributed by atoms with Gasteiger partial charge in [-0.2, -0.15) is 5.10 Å². The van der Waals surface area contributed by atoms with Gasteiger partial charge in [0.25, 0.3) is 0 Å². The van der Waals surface area contributed by atoms with Crippen molar-refractivity contribution in [3.63, 3.8) is 0 Å². The molecule has 40 heavy (non-hydrogen) atoms. The Morgan fingerprint density at radius 1 is 1.15 bits per heavy atom. The van der Waals surface area contributed by atoms with E-state index in [0.29, 0.717) is 23.7 Å². The Balaban J connectivity index is 0.00000220. The summed E-state index contributed by atoms with van der Waals surface area (Å²) in [6.07, 6.45) is 6.68. The minimum absolute atomic E-state index is 0. The number of nitrogens with one attached hydrogen (secondary N) is 3. The Bertz CT molecular complexity index is 1400. The van der Waals surface area contributed by atoms with Gasteiger partial charge in [-0.15, -0.1) is 29.9 Å². The van der Waals surface area contributed by atoms with Crippen molar-refractivity contribution in [1.82, 2.24) is 45.9 Å². The first-order valence-corrected chi connectivity index (χ1v) is 12.8. The molecular weight excluding hydrogens is 577 g/mol. The van der Waals surface area contributed by atoms with Crippen LogP contribution in [-0.4, -0.2) is 60.4 Å². The molecular formula is C26H30Cl3N9O2. The molecule has 1 aliphatic heterocycles. The van der Waals surface area contributed by atoms with E-state index in [1.54, 1.807) is 31.3 Å². The second-order valence-corrected chi connectivity index (χ2v) is 9.69. The summed E-state index contributed by atoms with van der Waals surface area (Å²) < 4.78 is 3.32. The molecule has 0 bridgehead atoms. The Morgan fingerprint density at radius 3 is 2.75 bits per heavy atom. The maximum atomic E-state index is 13.1. The number of amides is 2. The molecule has 212 valence electrons. The van der Waals surface area contributed by atoms with E-state index >= 15 is 0 Å². The number of tetrazole rings is 1. The third-order valence-corrected chi connectivity index (χ3v) is 6.91. The fourth-order valence-electron chi connectivity index (χ4n) is 4.67. The molecule has 1 aliphatic rings. The topological polar surface area (TPSA) is 132 Å². The van der Waals surface area contributed by atoms with Crippen LogP contribution in [0.2, 0.25) is 5.02 Å². The molecule has 1 fully saturated rings. The van der Waals surface area contributed by atoms with Crippen molar-refractivity contribution in [3.8, 4) is 11.4 Å². The molecule has 0 aliphatic carbocycles. The van der Waals surface area contributed by atoms with Crippen LogP contribution in [0.1, 0.15) is 36.8 Å². The summed E-state index contributed by atoms with van der Waals surface area (Å²) in [6, 6.07) is 14.3. The Kier molecular flexibility index (Phi) is 11.0. The molecule has 0 radical (unpaired) electrons. The molecule has 3 N–H and O–H groups in total. The van der Waals surface area contributed by atoms with E-state index in [1.807, 2.05) is 29.1 Å². The number of hydrogen-bond acceptors (Lipinski definition) is 7. The van der Waals surface area contributed by atoms with E-state index in [4.69, 9.17) is 11.6 Å². The number of benzene rings is 2. The summed E-state index contributed by atoms with van der Waals surface area (Å²) in [5, 5.41) is 25.1. The minimum atomic E-state index is -0.719. The number of nitrogens with zero attached hydrogens (tertiary/aromatic N) is 6. The highest BCUT2D eigenvalue weighted by Crippen LogP contribution is 2.29. The lowest BCUT2D eigenvalue weighted by Crippen LogP contribution is -2.53. The molecule has 14 heteroatoms. The smallest absolute Gasteiger partial charge is 0.242 e. The van der Waals surface area contributed by atoms with Crippen molar-refractivity contribution in [2.24, 2.45) is 0 Å². The fourth-order valence-corrected chi connectivity index (χ4v) is 4.86. The molecule has 2 amide bonds. The number of aromatic nitrogens is 6. The Morgan fingerprint density at radius 2 is 2.00 bits per heavy atom. The Labute approximate surface area is 248 Å². The zero-order valence-electron chi connectivity index (χ0n) is 21.6. The predicted octanol–water partition coefficient (Wildman–Crippen LogP) is 3.00. The highest BCUT2D eigenvalue weighted by atomic mass is 35.5. The van der Waals surface area contributed by atoms with E-state index < -0.39 is 12.1 Å². The van der Waals surface area contributed by atoms with Crippen LogP contribution in [0.15, 0.2) is 67.3 Å². The van der Waals surface area contributed by atoms with Gasteiger partial charge in [0.05, 0.1) is 17.4 Å². The van der Waals surface area contributed by atoms with E-state index in [2.05, 4.69) is 48.7 Å². The van der Waals surface area contributed by atoms with Crippen LogP contribution in [0.25, 0.3) is 11.4 Å². The van der Waals surface area contributed by atoms with Crippen LogP contribution in [0.3, 0.4) is 0 Å². The van der Waals surface area contributed by atoms with E-state index in [1.165, 1.54) is 16.6 Å². The molecule has 3 atom stereocenters. The van der Waals surface area contributed by atoms with Gasteiger partial charge < -0.3 is 16.0 Å². The van der Waals surface area contributed by atoms with Gasteiger partial charge in [-0.3, -0.25) is 9.59 Å². The largest absolute Gasteiger partial charge is 0.350 e. The summed E-state index contributed by atoms with van der Waals surface area (Å²) in [7, 11) is 0. The zero-order chi connectivity index (χ0) is 26.5. The summed E-state index contributed by atoms with van der Waals surface area (Å²) in [5.41, 5.74) is 3.60. The van der Waals surface area contributed by atoms with Crippen LogP contribution >= 0.6 is 36.4 Å². The summed E-state index contributed by atoms with van der Waals surface area (Å²) in [6.45, 7) is 2.58. The quantitative estimate of drug-likeness (QED) is 0.281. The lowest BCUT2D eigenvalue weighted by atomic mass is 9.86. The van der Waals surface area contributed by atoms with Gasteiger partial charge in [-0.25, -0.2) is 9.36 Å². The molecule has 11 nitrogen and oxygen atoms in total. The minimum Gasteiger partial charge on any atom is -0.350 e. The van der Waals surface area contributed by atoms with E-state index in [0.717, 1.165) is 17.7 Å². The molecule has 5 rings (SSSR count). The number of rotatable bonds is 8. The monoisotopic (exact) mass is 605 g/mol. The molecule has 0 spiro atoms. The average Bonchev–Trinajstić information content (AvgIpc) is 3.67. The number of carbonyl (C=O) groups is 2. The lowest BCUT2D eigenvalue weighted by Gasteiger charge is -2.30. The SMILES string of the molecule is C[C@H](NC(=O)[C@H]1C[C@@H](c2cccc(-n3cccn3)c2)CCN1)C(=O)NCc1cc(Cl)ccc1-n1cnnn1.Cl.Cl. The van der Waals surface area contributed by atoms with Crippen LogP contribution in [-0.2, 0) is 16.1 Å². The first-order valence-electron chi connectivity index (χ1n) is 12.4. The summed E-state index contributed by atoms with van der Waals surface area (Å²) in [5.74, 6) is -0.280. The van der Waals surface area contributed by atoms with Crippen molar-refractivity contribution in [3.05, 3.63) is 83.4 Å². The maximum Gasteiger partial charge on any atom is 0.242 e. The molecule has 0 saturated carbocycles. The number of hydrogen-bond donors (Lipinski definition) is 3. The molecule has 2 aromatic heterocycles. The van der Waals surface area contributed by atoms with Crippen molar-refractivity contribution in [2.45, 2.75) is 44.3 Å². The lowest BCUT2D eigenvalue weighted by molar-refractivity contribution is -0.130. The van der Waals surface area contributed by atoms with Crippen LogP contribution in [0, 0.1) is 0 Å². The third-order valence-electron chi connectivity index (χ3n) is 6.67. The summed E-state index contributed by atoms with van der Waals surface area (Å²) >= 11 is 6.16. The standard InChI is InChI=1S/C26H28ClN9O2.2ClH/c1-17(25(37)29-15-20-12-21(27)6-7-24(20)36-16-30-33-34-36)32-26(38)23-14-19(8-10-28-23)18-4-2-5-22(13-18)35-11-3-9-31-35;;/h2-7,9,11-13,16-17,19,23,28H,8,10,14-15H2,1H3,(H,29,37)(H,32,38);2*1H/t17-,19-,23+;;/m0../s1. The van der Waals surface area contributed by atoms with Gasteiger partial charge >= 0.3 is 0 Å². The van der Waals surface area contributed by atoms with Crippen LogP contribution in [0.5, 0.6) is 0 Å². The van der Waals surface area contributed by atoms with Crippen LogP contribution < -0.4 is 16.0 Å². The zero-order valence-corrected chi connectivity index (χ0v) is 24.0. The van der Waals surface area contributed by atoms with E-state index in [9.17, 15) is 9.59 Å². The first-order chi connectivity index (χ1) is 18.5. The highest BCUT2D eigenvalue weighted by Gasteiger charge is 2.29. The van der Waals surface area contributed by atoms with Crippen molar-refractivity contribution < 1.29 is 9.59 Å².